The van der Waals surface area contributed by atoms with Crippen LogP contribution >= 0.6 is 11.8 Å². The van der Waals surface area contributed by atoms with Crippen LogP contribution in [0.5, 0.6) is 0 Å². The molecule has 3 amide bonds. The van der Waals surface area contributed by atoms with Crippen molar-refractivity contribution in [3.63, 3.8) is 0 Å². The van der Waals surface area contributed by atoms with E-state index in [1.54, 1.807) is 20.8 Å². The number of hydrogen-bond donors (Lipinski definition) is 3. The Morgan fingerprint density at radius 2 is 1.92 bits per heavy atom. The number of amides is 3. The first-order valence-electron chi connectivity index (χ1n) is 7.17. The maximum Gasteiger partial charge on any atom is 0.416 e. The summed E-state index contributed by atoms with van der Waals surface area (Å²) in [5.74, 6) is -0.452. The molecule has 0 aliphatic carbocycles. The minimum absolute atomic E-state index is 0.323. The molecular formula is C15H18F3N3O2S. The van der Waals surface area contributed by atoms with E-state index < -0.39 is 40.0 Å². The predicted molar refractivity (Wildman–Crippen MR) is 85.1 cm³/mol. The molecule has 0 radical (unpaired) electrons. The van der Waals surface area contributed by atoms with Gasteiger partial charge in [-0.25, -0.2) is 4.79 Å². The molecule has 9 heteroatoms. The average molecular weight is 361 g/mol. The van der Waals surface area contributed by atoms with Crippen LogP contribution in [0.2, 0.25) is 0 Å². The highest BCUT2D eigenvalue weighted by Crippen LogP contribution is 2.37. The minimum atomic E-state index is -4.45. The number of alkyl halides is 3. The van der Waals surface area contributed by atoms with Gasteiger partial charge in [0.1, 0.15) is 5.37 Å². The van der Waals surface area contributed by atoms with Crippen LogP contribution in [0.4, 0.5) is 18.0 Å². The number of urea groups is 1. The molecular weight excluding hydrogens is 343 g/mol. The van der Waals surface area contributed by atoms with Crippen molar-refractivity contribution in [2.45, 2.75) is 43.2 Å². The summed E-state index contributed by atoms with van der Waals surface area (Å²) >= 11 is 1.05. The van der Waals surface area contributed by atoms with Crippen LogP contribution in [0, 0.1) is 0 Å². The number of carbonyl (C=O) groups excluding carboxylic acids is 2. The Kier molecular flexibility index (Phi) is 5.03. The van der Waals surface area contributed by atoms with E-state index in [9.17, 15) is 22.8 Å². The first-order chi connectivity index (χ1) is 11.0. The van der Waals surface area contributed by atoms with Crippen LogP contribution in [-0.4, -0.2) is 22.9 Å². The third kappa shape index (κ3) is 4.80. The summed E-state index contributed by atoms with van der Waals surface area (Å²) in [6, 6.07) is 4.25. The van der Waals surface area contributed by atoms with Gasteiger partial charge < -0.3 is 16.0 Å². The average Bonchev–Trinajstić information content (AvgIpc) is 2.77. The van der Waals surface area contributed by atoms with Crippen molar-refractivity contribution in [1.82, 2.24) is 16.0 Å². The van der Waals surface area contributed by atoms with Gasteiger partial charge in [-0.1, -0.05) is 23.9 Å². The van der Waals surface area contributed by atoms with E-state index in [1.807, 2.05) is 0 Å². The Morgan fingerprint density at radius 3 is 2.50 bits per heavy atom. The highest BCUT2D eigenvalue weighted by Gasteiger charge is 2.37. The molecule has 1 fully saturated rings. The number of thioether (sulfide) groups is 1. The van der Waals surface area contributed by atoms with E-state index in [2.05, 4.69) is 16.0 Å². The van der Waals surface area contributed by atoms with Crippen molar-refractivity contribution in [2.75, 3.05) is 0 Å². The summed E-state index contributed by atoms with van der Waals surface area (Å²) in [5.41, 5.74) is -0.926. The summed E-state index contributed by atoms with van der Waals surface area (Å²) in [7, 11) is 0. The highest BCUT2D eigenvalue weighted by molar-refractivity contribution is 8.01. The van der Waals surface area contributed by atoms with E-state index in [0.29, 0.717) is 5.56 Å². The lowest BCUT2D eigenvalue weighted by atomic mass is 10.1. The van der Waals surface area contributed by atoms with Gasteiger partial charge in [0.25, 0.3) is 5.91 Å². The van der Waals surface area contributed by atoms with Crippen molar-refractivity contribution >= 4 is 23.7 Å². The Balaban J connectivity index is 2.06. The van der Waals surface area contributed by atoms with Gasteiger partial charge in [0.15, 0.2) is 5.37 Å². The molecule has 1 heterocycles. The van der Waals surface area contributed by atoms with Gasteiger partial charge in [-0.05, 0) is 38.5 Å². The molecule has 0 spiro atoms. The third-order valence-electron chi connectivity index (χ3n) is 3.05. The number of carbonyl (C=O) groups is 2. The number of nitrogens with one attached hydrogen (secondary N) is 3. The van der Waals surface area contributed by atoms with Crippen molar-refractivity contribution in [3.05, 3.63) is 35.4 Å². The van der Waals surface area contributed by atoms with Crippen molar-refractivity contribution < 1.29 is 22.8 Å². The Labute approximate surface area is 141 Å². The molecule has 1 aliphatic heterocycles. The lowest BCUT2D eigenvalue weighted by Gasteiger charge is -2.21. The summed E-state index contributed by atoms with van der Waals surface area (Å²) in [5, 5.41) is 6.23. The Hall–Kier alpha value is -1.90. The van der Waals surface area contributed by atoms with E-state index in [4.69, 9.17) is 0 Å². The first-order valence-corrected chi connectivity index (χ1v) is 8.12. The van der Waals surface area contributed by atoms with Crippen LogP contribution < -0.4 is 16.0 Å². The van der Waals surface area contributed by atoms with Gasteiger partial charge in [0.2, 0.25) is 0 Å². The molecule has 0 bridgehead atoms. The molecule has 1 aromatic rings. The molecule has 1 saturated heterocycles. The second kappa shape index (κ2) is 6.54. The van der Waals surface area contributed by atoms with Gasteiger partial charge in [-0.2, -0.15) is 13.2 Å². The number of benzene rings is 1. The topological polar surface area (TPSA) is 70.2 Å². The Morgan fingerprint density at radius 1 is 1.25 bits per heavy atom. The standard InChI is InChI=1S/C15H18F3N3O2S/c1-14(2,3)21-13(23)20-12-10(22)19-11(24-12)8-5-4-6-9(7-8)15(16,17)18/h4-7,11-12H,1-3H3,(H,19,22)(H2,20,21,23). The Bertz CT molecular complexity index is 644. The van der Waals surface area contributed by atoms with Gasteiger partial charge >= 0.3 is 12.2 Å². The smallest absolute Gasteiger partial charge is 0.338 e. The third-order valence-corrected chi connectivity index (χ3v) is 4.32. The zero-order chi connectivity index (χ0) is 18.1. The summed E-state index contributed by atoms with van der Waals surface area (Å²) in [6.45, 7) is 5.37. The van der Waals surface area contributed by atoms with Crippen molar-refractivity contribution in [1.29, 1.82) is 0 Å². The zero-order valence-electron chi connectivity index (χ0n) is 13.3. The largest absolute Gasteiger partial charge is 0.416 e. The van der Waals surface area contributed by atoms with Crippen molar-refractivity contribution in [2.24, 2.45) is 0 Å². The lowest BCUT2D eigenvalue weighted by molar-refractivity contribution is -0.137. The van der Waals surface area contributed by atoms with Crippen LogP contribution in [0.15, 0.2) is 24.3 Å². The second-order valence-corrected chi connectivity index (χ2v) is 7.59. The summed E-state index contributed by atoms with van der Waals surface area (Å²) < 4.78 is 38.3. The molecule has 0 saturated carbocycles. The quantitative estimate of drug-likeness (QED) is 0.758. The number of halogens is 3. The van der Waals surface area contributed by atoms with Gasteiger partial charge in [-0.15, -0.1) is 0 Å². The summed E-state index contributed by atoms with van der Waals surface area (Å²) in [4.78, 5) is 23.8. The highest BCUT2D eigenvalue weighted by atomic mass is 32.2. The van der Waals surface area contributed by atoms with Crippen LogP contribution in [0.3, 0.4) is 0 Å². The van der Waals surface area contributed by atoms with E-state index in [-0.39, 0.29) is 0 Å². The fourth-order valence-corrected chi connectivity index (χ4v) is 3.20. The fraction of sp³-hybridized carbons (Fsp3) is 0.467. The molecule has 1 aliphatic rings. The van der Waals surface area contributed by atoms with Crippen LogP contribution in [-0.2, 0) is 11.0 Å². The fourth-order valence-electron chi connectivity index (χ4n) is 2.07. The molecule has 24 heavy (non-hydrogen) atoms. The number of rotatable bonds is 2. The molecule has 2 unspecified atom stereocenters. The molecule has 5 nitrogen and oxygen atoms in total. The minimum Gasteiger partial charge on any atom is -0.338 e. The van der Waals surface area contributed by atoms with Crippen LogP contribution in [0.25, 0.3) is 0 Å². The van der Waals surface area contributed by atoms with E-state index >= 15 is 0 Å². The first kappa shape index (κ1) is 18.4. The van der Waals surface area contributed by atoms with Gasteiger partial charge in [0, 0.05) is 5.54 Å². The zero-order valence-corrected chi connectivity index (χ0v) is 14.1. The molecule has 2 rings (SSSR count). The second-order valence-electron chi connectivity index (χ2n) is 6.38. The van der Waals surface area contributed by atoms with Crippen LogP contribution in [0.1, 0.15) is 37.3 Å². The molecule has 132 valence electrons. The van der Waals surface area contributed by atoms with Crippen molar-refractivity contribution in [3.8, 4) is 0 Å². The molecule has 0 aromatic heterocycles. The van der Waals surface area contributed by atoms with Gasteiger partial charge in [0.05, 0.1) is 5.56 Å². The molecule has 3 N–H and O–H groups in total. The number of hydrogen-bond acceptors (Lipinski definition) is 3. The van der Waals surface area contributed by atoms with E-state index in [1.165, 1.54) is 12.1 Å². The lowest BCUT2D eigenvalue weighted by Crippen LogP contribution is -2.50. The predicted octanol–water partition coefficient (Wildman–Crippen LogP) is 2.99. The molecule has 2 atom stereocenters. The monoisotopic (exact) mass is 361 g/mol. The summed E-state index contributed by atoms with van der Waals surface area (Å²) in [6.07, 6.45) is -4.45. The maximum atomic E-state index is 12.8. The van der Waals surface area contributed by atoms with E-state index in [0.717, 1.165) is 23.9 Å². The molecule has 1 aromatic carbocycles. The normalized spacial score (nSPS) is 21.3. The SMILES string of the molecule is CC(C)(C)NC(=O)NC1SC(c2cccc(C(F)(F)F)c2)NC1=O. The maximum absolute atomic E-state index is 12.8. The van der Waals surface area contributed by atoms with Gasteiger partial charge in [-0.3, -0.25) is 4.79 Å².